The number of aryl methyl sites for hydroxylation is 2. The molecule has 3 atom stereocenters. The second-order valence-electron chi connectivity index (χ2n) is 13.7. The number of carbonyl (C=O) groups excluding carboxylic acids is 3. The molecule has 0 spiro atoms. The van der Waals surface area contributed by atoms with Crippen molar-refractivity contribution in [3.63, 3.8) is 0 Å². The average Bonchev–Trinajstić information content (AvgIpc) is 3.64. The van der Waals surface area contributed by atoms with Crippen molar-refractivity contribution in [3.8, 4) is 11.1 Å². The number of hydrogen-bond acceptors (Lipinski definition) is 9. The summed E-state index contributed by atoms with van der Waals surface area (Å²) < 4.78 is 4.07. The first-order chi connectivity index (χ1) is 23.6. The van der Waals surface area contributed by atoms with Crippen molar-refractivity contribution < 1.29 is 14.4 Å². The van der Waals surface area contributed by atoms with Crippen LogP contribution in [0, 0.1) is 19.3 Å². The van der Waals surface area contributed by atoms with Gasteiger partial charge in [0.2, 0.25) is 11.8 Å². The number of pyridine rings is 1. The molecule has 3 aliphatic rings. The molecule has 8 rings (SSSR count). The standard InChI is InChI=1S/C35H35BrN10O3/c1-19-4-9-30(36)39-33(19)40-34(49)28-13-35(18-44-16-26(41-43-44)22-5-6-22)11-10-29(35)46(28)31(48)17-45-27-8-7-23(24-14-37-21(3)38-15-24)12-25(27)32(42-45)20(2)47/h4,7-9,12,14-16,22,28-29H,5-6,10-11,13,17-18H2,1-3H3,(H,39,40,49)/t28-,29+,35+/m0/s1. The lowest BCUT2D eigenvalue weighted by Crippen LogP contribution is -2.54. The third-order valence-corrected chi connectivity index (χ3v) is 10.7. The first-order valence-electron chi connectivity index (χ1n) is 16.5. The fraction of sp³-hybridized carbons (Fsp3) is 0.400. The first kappa shape index (κ1) is 31.4. The number of nitrogens with zero attached hydrogens (tertiary/aromatic N) is 9. The second-order valence-corrected chi connectivity index (χ2v) is 14.5. The lowest BCUT2D eigenvalue weighted by atomic mass is 9.64. The number of rotatable bonds is 9. The molecule has 13 nitrogen and oxygen atoms in total. The van der Waals surface area contributed by atoms with Crippen molar-refractivity contribution in [2.75, 3.05) is 5.32 Å². The number of ketones is 1. The van der Waals surface area contributed by atoms with Crippen molar-refractivity contribution in [1.29, 1.82) is 0 Å². The maximum absolute atomic E-state index is 14.5. The molecule has 0 unspecified atom stereocenters. The highest BCUT2D eigenvalue weighted by Gasteiger charge is 2.61. The van der Waals surface area contributed by atoms with E-state index in [1.165, 1.54) is 6.92 Å². The van der Waals surface area contributed by atoms with Gasteiger partial charge in [-0.05, 0) is 91.2 Å². The van der Waals surface area contributed by atoms with Gasteiger partial charge in [-0.2, -0.15) is 5.10 Å². The Balaban J connectivity index is 1.12. The number of halogens is 1. The zero-order valence-electron chi connectivity index (χ0n) is 27.4. The highest BCUT2D eigenvalue weighted by molar-refractivity contribution is 9.10. The molecule has 2 amide bonds. The number of amides is 2. The predicted octanol–water partition coefficient (Wildman–Crippen LogP) is 5.03. The minimum Gasteiger partial charge on any atom is -0.325 e. The number of likely N-dealkylation sites (tertiary alicyclic amines) is 1. The summed E-state index contributed by atoms with van der Waals surface area (Å²) in [7, 11) is 0. The minimum absolute atomic E-state index is 0.129. The number of fused-ring (bicyclic) bond motifs is 2. The van der Waals surface area contributed by atoms with Gasteiger partial charge >= 0.3 is 0 Å². The van der Waals surface area contributed by atoms with Crippen LogP contribution in [0.15, 0.2) is 53.5 Å². The number of anilines is 1. The Morgan fingerprint density at radius 1 is 1.04 bits per heavy atom. The van der Waals surface area contributed by atoms with E-state index < -0.39 is 6.04 Å². The van der Waals surface area contributed by atoms with Crippen LogP contribution in [0.2, 0.25) is 0 Å². The van der Waals surface area contributed by atoms with Crippen LogP contribution in [-0.4, -0.2) is 74.3 Å². The summed E-state index contributed by atoms with van der Waals surface area (Å²) in [6, 6.07) is 8.47. The van der Waals surface area contributed by atoms with Crippen LogP contribution in [0.4, 0.5) is 5.82 Å². The average molecular weight is 724 g/mol. The maximum Gasteiger partial charge on any atom is 0.248 e. The van der Waals surface area contributed by atoms with Gasteiger partial charge in [0.1, 0.15) is 34.5 Å². The fourth-order valence-corrected chi connectivity index (χ4v) is 7.78. The summed E-state index contributed by atoms with van der Waals surface area (Å²) >= 11 is 3.40. The van der Waals surface area contributed by atoms with Gasteiger partial charge in [-0.15, -0.1) is 5.10 Å². The second kappa shape index (κ2) is 11.9. The molecule has 5 aromatic rings. The van der Waals surface area contributed by atoms with Crippen LogP contribution in [0.1, 0.15) is 72.5 Å². The fourth-order valence-electron chi connectivity index (χ4n) is 7.47. The van der Waals surface area contributed by atoms with E-state index in [-0.39, 0.29) is 41.3 Å². The van der Waals surface area contributed by atoms with E-state index in [2.05, 4.69) is 51.6 Å². The Labute approximate surface area is 290 Å². The van der Waals surface area contributed by atoms with E-state index >= 15 is 0 Å². The summed E-state index contributed by atoms with van der Waals surface area (Å²) in [6.45, 7) is 5.62. The van der Waals surface area contributed by atoms with Gasteiger partial charge in [0.25, 0.3) is 0 Å². The normalized spacial score (nSPS) is 21.4. The first-order valence-corrected chi connectivity index (χ1v) is 17.3. The number of aromatic nitrogens is 8. The van der Waals surface area contributed by atoms with Gasteiger partial charge in [-0.1, -0.05) is 17.3 Å². The van der Waals surface area contributed by atoms with Gasteiger partial charge in [0, 0.05) is 53.8 Å². The van der Waals surface area contributed by atoms with Gasteiger partial charge < -0.3 is 10.2 Å². The Kier molecular flexibility index (Phi) is 7.65. The number of carbonyl (C=O) groups is 3. The summed E-state index contributed by atoms with van der Waals surface area (Å²) in [5, 5.41) is 17.1. The van der Waals surface area contributed by atoms with Crippen LogP contribution in [0.25, 0.3) is 22.0 Å². The van der Waals surface area contributed by atoms with E-state index in [1.54, 1.807) is 22.0 Å². The van der Waals surface area contributed by atoms with Crippen LogP contribution in [0.5, 0.6) is 0 Å². The third-order valence-electron chi connectivity index (χ3n) is 10.3. The van der Waals surface area contributed by atoms with E-state index in [4.69, 9.17) is 0 Å². The van der Waals surface area contributed by atoms with Crippen molar-refractivity contribution in [1.82, 2.24) is 44.6 Å². The Hall–Kier alpha value is -4.85. The summed E-state index contributed by atoms with van der Waals surface area (Å²) in [6.07, 6.45) is 9.90. The molecule has 250 valence electrons. The number of Topliss-reactive ketones (excluding diaryl/α,β-unsaturated/α-hetero) is 1. The third kappa shape index (κ3) is 5.71. The molecule has 2 saturated carbocycles. The highest BCUT2D eigenvalue weighted by atomic mass is 79.9. The highest BCUT2D eigenvalue weighted by Crippen LogP contribution is 2.55. The summed E-state index contributed by atoms with van der Waals surface area (Å²) in [4.78, 5) is 56.2. The lowest BCUT2D eigenvalue weighted by Gasteiger charge is -2.47. The SMILES string of the molecule is CC(=O)c1nn(CC(=O)N2[C@H](C(=O)Nc3nc(Br)ccc3C)C[C@@]3(Cn4cc(C5CC5)nn4)CC[C@@H]23)c2ccc(-c3cnc(C)nc3)cc12. The van der Waals surface area contributed by atoms with E-state index in [9.17, 15) is 14.4 Å². The molecule has 4 aromatic heterocycles. The van der Waals surface area contributed by atoms with E-state index in [1.807, 2.05) is 55.1 Å². The van der Waals surface area contributed by atoms with Crippen LogP contribution in [-0.2, 0) is 22.7 Å². The monoisotopic (exact) mass is 722 g/mol. The van der Waals surface area contributed by atoms with Crippen LogP contribution < -0.4 is 5.32 Å². The largest absolute Gasteiger partial charge is 0.325 e. The quantitative estimate of drug-likeness (QED) is 0.163. The van der Waals surface area contributed by atoms with E-state index in [0.29, 0.717) is 46.0 Å². The Bertz CT molecular complexity index is 2140. The minimum atomic E-state index is -0.728. The van der Waals surface area contributed by atoms with Gasteiger partial charge in [0.05, 0.1) is 17.8 Å². The van der Waals surface area contributed by atoms with Gasteiger partial charge in [-0.3, -0.25) is 23.7 Å². The van der Waals surface area contributed by atoms with Crippen molar-refractivity contribution in [2.45, 2.75) is 84.0 Å². The molecular weight excluding hydrogens is 688 g/mol. The van der Waals surface area contributed by atoms with Gasteiger partial charge in [-0.25, -0.2) is 15.0 Å². The van der Waals surface area contributed by atoms with Crippen molar-refractivity contribution in [3.05, 3.63) is 76.3 Å². The summed E-state index contributed by atoms with van der Waals surface area (Å²) in [5.74, 6) is 0.864. The maximum atomic E-state index is 14.5. The molecule has 0 radical (unpaired) electrons. The van der Waals surface area contributed by atoms with Gasteiger partial charge in [0.15, 0.2) is 5.78 Å². The number of nitrogens with one attached hydrogen (secondary N) is 1. The molecule has 1 aromatic carbocycles. The zero-order chi connectivity index (χ0) is 34.0. The predicted molar refractivity (Wildman–Crippen MR) is 184 cm³/mol. The molecule has 14 heteroatoms. The molecule has 49 heavy (non-hydrogen) atoms. The molecule has 0 bridgehead atoms. The molecule has 1 N–H and O–H groups in total. The van der Waals surface area contributed by atoms with Crippen molar-refractivity contribution in [2.24, 2.45) is 5.41 Å². The Morgan fingerprint density at radius 3 is 2.55 bits per heavy atom. The molecular formula is C35H35BrN10O3. The number of hydrogen-bond donors (Lipinski definition) is 1. The lowest BCUT2D eigenvalue weighted by molar-refractivity contribution is -0.142. The van der Waals surface area contributed by atoms with E-state index in [0.717, 1.165) is 48.1 Å². The topological polar surface area (TPSA) is 154 Å². The van der Waals surface area contributed by atoms with Crippen molar-refractivity contribution >= 4 is 50.2 Å². The molecule has 1 saturated heterocycles. The smallest absolute Gasteiger partial charge is 0.248 e. The van der Waals surface area contributed by atoms with Crippen LogP contribution >= 0.6 is 15.9 Å². The molecule has 5 heterocycles. The Morgan fingerprint density at radius 2 is 1.84 bits per heavy atom. The zero-order valence-corrected chi connectivity index (χ0v) is 29.0. The molecule has 3 fully saturated rings. The summed E-state index contributed by atoms with van der Waals surface area (Å²) in [5.41, 5.74) is 4.08. The van der Waals surface area contributed by atoms with Crippen LogP contribution in [0.3, 0.4) is 0 Å². The number of benzene rings is 1. The molecule has 2 aliphatic carbocycles. The molecule has 1 aliphatic heterocycles.